The van der Waals surface area contributed by atoms with Crippen LogP contribution >= 0.6 is 0 Å². The first-order valence-electron chi connectivity index (χ1n) is 11.1. The van der Waals surface area contributed by atoms with Gasteiger partial charge >= 0.3 is 0 Å². The average molecular weight is 437 g/mol. The molecule has 166 valence electrons. The molecule has 4 heteroatoms. The Morgan fingerprint density at radius 3 is 1.33 bits per heavy atom. The van der Waals surface area contributed by atoms with Gasteiger partial charge in [0.05, 0.1) is 16.8 Å². The second-order valence-corrected chi connectivity index (χ2v) is 9.31. The van der Waals surface area contributed by atoms with E-state index in [2.05, 4.69) is 50.2 Å². The molecule has 0 spiro atoms. The van der Waals surface area contributed by atoms with Crippen molar-refractivity contribution in [2.75, 3.05) is 11.5 Å². The summed E-state index contributed by atoms with van der Waals surface area (Å²) in [6.45, 7) is 7.91. The lowest BCUT2D eigenvalue weighted by molar-refractivity contribution is 0.473. The maximum Gasteiger partial charge on any atom is 0.141 e. The highest BCUT2D eigenvalue weighted by Gasteiger charge is 2.47. The van der Waals surface area contributed by atoms with Crippen LogP contribution in [0.5, 0.6) is 11.5 Å². The van der Waals surface area contributed by atoms with Gasteiger partial charge in [-0.3, -0.25) is 0 Å². The number of fused-ring (bicyclic) bond motifs is 3. The molecule has 0 amide bonds. The number of rotatable bonds is 2. The van der Waals surface area contributed by atoms with Crippen LogP contribution in [0.4, 0.5) is 11.4 Å². The highest BCUT2D eigenvalue weighted by atomic mass is 16.3. The second kappa shape index (κ2) is 7.04. The summed E-state index contributed by atoms with van der Waals surface area (Å²) < 4.78 is 0. The number of phenols is 2. The Morgan fingerprint density at radius 2 is 0.970 bits per heavy atom. The molecule has 0 fully saturated rings. The molecule has 5 rings (SSSR count). The van der Waals surface area contributed by atoms with Crippen molar-refractivity contribution in [3.8, 4) is 22.6 Å². The molecule has 6 N–H and O–H groups in total. The topological polar surface area (TPSA) is 92.5 Å². The predicted octanol–water partition coefficient (Wildman–Crippen LogP) is 5.86. The summed E-state index contributed by atoms with van der Waals surface area (Å²) in [6, 6.07) is 20.8. The fourth-order valence-electron chi connectivity index (χ4n) is 5.39. The first-order valence-corrected chi connectivity index (χ1v) is 11.1. The van der Waals surface area contributed by atoms with Gasteiger partial charge in [0.1, 0.15) is 11.5 Å². The van der Waals surface area contributed by atoms with Gasteiger partial charge in [-0.05, 0) is 84.3 Å². The second-order valence-electron chi connectivity index (χ2n) is 9.31. The van der Waals surface area contributed by atoms with Crippen LogP contribution < -0.4 is 11.5 Å². The minimum atomic E-state index is -0.706. The van der Waals surface area contributed by atoms with Crippen LogP contribution in [0.25, 0.3) is 11.1 Å². The molecule has 0 heterocycles. The molecular formula is C29H28N2O2. The zero-order valence-electron chi connectivity index (χ0n) is 19.3. The zero-order valence-corrected chi connectivity index (χ0v) is 19.3. The van der Waals surface area contributed by atoms with Gasteiger partial charge in [0.2, 0.25) is 0 Å². The van der Waals surface area contributed by atoms with E-state index in [0.29, 0.717) is 22.5 Å². The fraction of sp³-hybridized carbons (Fsp3) is 0.172. The summed E-state index contributed by atoms with van der Waals surface area (Å²) in [5.74, 6) is 0.199. The van der Waals surface area contributed by atoms with Gasteiger partial charge in [-0.2, -0.15) is 0 Å². The van der Waals surface area contributed by atoms with Crippen molar-refractivity contribution in [3.63, 3.8) is 0 Å². The molecule has 0 saturated carbocycles. The molecule has 0 saturated heterocycles. The quantitative estimate of drug-likeness (QED) is 0.206. The van der Waals surface area contributed by atoms with Gasteiger partial charge in [0, 0.05) is 0 Å². The van der Waals surface area contributed by atoms with Gasteiger partial charge < -0.3 is 21.7 Å². The Kier molecular flexibility index (Phi) is 4.47. The summed E-state index contributed by atoms with van der Waals surface area (Å²) in [7, 11) is 0. The third kappa shape index (κ3) is 2.83. The standard InChI is InChI=1S/C29H28N2O2/c1-15-5-7-21-22-8-6-16(2)10-24(22)29(23(21)9-15,19-11-17(3)27(32)25(30)13-19)20-12-18(4)28(33)26(31)14-20/h5-14,32-33H,30-31H2,1-4H3. The molecule has 1 aliphatic carbocycles. The van der Waals surface area contributed by atoms with Crippen LogP contribution in [0.3, 0.4) is 0 Å². The molecule has 0 aromatic heterocycles. The summed E-state index contributed by atoms with van der Waals surface area (Å²) in [5, 5.41) is 20.9. The van der Waals surface area contributed by atoms with Crippen molar-refractivity contribution < 1.29 is 10.2 Å². The number of hydrogen-bond donors (Lipinski definition) is 4. The van der Waals surface area contributed by atoms with E-state index in [4.69, 9.17) is 11.5 Å². The Balaban J connectivity index is 2.03. The lowest BCUT2D eigenvalue weighted by Crippen LogP contribution is -2.29. The molecule has 4 aromatic carbocycles. The minimum Gasteiger partial charge on any atom is -0.506 e. The molecule has 1 aliphatic rings. The minimum absolute atomic E-state index is 0.0993. The van der Waals surface area contributed by atoms with Gasteiger partial charge in [-0.15, -0.1) is 0 Å². The number of nitrogens with two attached hydrogens (primary N) is 2. The van der Waals surface area contributed by atoms with Crippen molar-refractivity contribution in [1.82, 2.24) is 0 Å². The van der Waals surface area contributed by atoms with Crippen molar-refractivity contribution in [2.45, 2.75) is 33.1 Å². The maximum atomic E-state index is 10.5. The molecule has 0 radical (unpaired) electrons. The van der Waals surface area contributed by atoms with Crippen LogP contribution in [-0.4, -0.2) is 10.2 Å². The highest BCUT2D eigenvalue weighted by Crippen LogP contribution is 2.58. The molecule has 0 atom stereocenters. The summed E-state index contributed by atoms with van der Waals surface area (Å²) in [4.78, 5) is 0. The summed E-state index contributed by atoms with van der Waals surface area (Å²) in [5.41, 5.74) is 22.8. The first kappa shape index (κ1) is 21.0. The number of phenolic OH excluding ortho intramolecular Hbond substituents is 2. The van der Waals surface area contributed by atoms with E-state index in [1.807, 2.05) is 38.1 Å². The van der Waals surface area contributed by atoms with Crippen LogP contribution in [0.1, 0.15) is 44.5 Å². The van der Waals surface area contributed by atoms with E-state index >= 15 is 0 Å². The van der Waals surface area contributed by atoms with Crippen molar-refractivity contribution in [1.29, 1.82) is 0 Å². The van der Waals surface area contributed by atoms with Crippen molar-refractivity contribution in [3.05, 3.63) is 105 Å². The number of benzene rings is 4. The van der Waals surface area contributed by atoms with Crippen LogP contribution in [0, 0.1) is 27.7 Å². The van der Waals surface area contributed by atoms with Crippen LogP contribution in [0.2, 0.25) is 0 Å². The number of aromatic hydroxyl groups is 2. The van der Waals surface area contributed by atoms with Crippen LogP contribution in [0.15, 0.2) is 60.7 Å². The molecule has 4 aromatic rings. The van der Waals surface area contributed by atoms with E-state index < -0.39 is 5.41 Å². The molecule has 0 aliphatic heterocycles. The molecular weight excluding hydrogens is 408 g/mol. The van der Waals surface area contributed by atoms with Gasteiger partial charge in [0.15, 0.2) is 0 Å². The molecule has 33 heavy (non-hydrogen) atoms. The zero-order chi connectivity index (χ0) is 23.7. The van der Waals surface area contributed by atoms with Crippen molar-refractivity contribution >= 4 is 11.4 Å². The number of hydrogen-bond acceptors (Lipinski definition) is 4. The van der Waals surface area contributed by atoms with E-state index in [-0.39, 0.29) is 11.5 Å². The lowest BCUT2D eigenvalue weighted by atomic mass is 9.66. The Bertz CT molecular complexity index is 1300. The normalized spacial score (nSPS) is 13.6. The van der Waals surface area contributed by atoms with E-state index in [0.717, 1.165) is 44.5 Å². The number of aryl methyl sites for hydroxylation is 4. The smallest absolute Gasteiger partial charge is 0.141 e. The van der Waals surface area contributed by atoms with Crippen molar-refractivity contribution in [2.24, 2.45) is 0 Å². The average Bonchev–Trinajstić information content (AvgIpc) is 3.04. The first-order chi connectivity index (χ1) is 15.6. The Morgan fingerprint density at radius 1 is 0.576 bits per heavy atom. The Labute approximate surface area is 194 Å². The Hall–Kier alpha value is -3.92. The fourth-order valence-corrected chi connectivity index (χ4v) is 5.39. The maximum absolute atomic E-state index is 10.5. The third-order valence-corrected chi connectivity index (χ3v) is 6.97. The van der Waals surface area contributed by atoms with E-state index in [1.54, 1.807) is 0 Å². The lowest BCUT2D eigenvalue weighted by Gasteiger charge is -2.35. The van der Waals surface area contributed by atoms with Gasteiger partial charge in [-0.25, -0.2) is 0 Å². The largest absolute Gasteiger partial charge is 0.506 e. The van der Waals surface area contributed by atoms with Crippen LogP contribution in [-0.2, 0) is 5.41 Å². The number of nitrogen functional groups attached to an aromatic ring is 2. The highest BCUT2D eigenvalue weighted by molar-refractivity contribution is 5.88. The monoisotopic (exact) mass is 436 g/mol. The van der Waals surface area contributed by atoms with E-state index in [1.165, 1.54) is 0 Å². The third-order valence-electron chi connectivity index (χ3n) is 6.97. The van der Waals surface area contributed by atoms with Gasteiger partial charge in [0.25, 0.3) is 0 Å². The molecule has 0 unspecified atom stereocenters. The molecule has 0 bridgehead atoms. The summed E-state index contributed by atoms with van der Waals surface area (Å²) in [6.07, 6.45) is 0. The van der Waals surface area contributed by atoms with Gasteiger partial charge in [-0.1, -0.05) is 59.7 Å². The van der Waals surface area contributed by atoms with E-state index in [9.17, 15) is 10.2 Å². The number of anilines is 2. The summed E-state index contributed by atoms with van der Waals surface area (Å²) >= 11 is 0. The SMILES string of the molecule is Cc1ccc2c(c1)C(c1cc(C)c(O)c(N)c1)(c1cc(C)c(O)c(N)c1)c1cc(C)ccc1-2. The predicted molar refractivity (Wildman–Crippen MR) is 135 cm³/mol. The molecule has 4 nitrogen and oxygen atoms in total.